The Morgan fingerprint density at radius 3 is 2.65 bits per heavy atom. The van der Waals surface area contributed by atoms with E-state index in [9.17, 15) is 9.59 Å². The summed E-state index contributed by atoms with van der Waals surface area (Å²) in [4.78, 5) is 31.0. The quantitative estimate of drug-likeness (QED) is 0.516. The van der Waals surface area contributed by atoms with E-state index in [0.29, 0.717) is 11.3 Å². The van der Waals surface area contributed by atoms with Gasteiger partial charge in [-0.3, -0.25) is 9.20 Å². The second-order valence-electron chi connectivity index (χ2n) is 6.31. The molecule has 0 radical (unpaired) electrons. The highest BCUT2D eigenvalue weighted by Gasteiger charge is 2.23. The second kappa shape index (κ2) is 5.16. The van der Waals surface area contributed by atoms with Crippen molar-refractivity contribution >= 4 is 11.6 Å². The molecule has 2 aromatic heterocycles. The summed E-state index contributed by atoms with van der Waals surface area (Å²) in [6.07, 6.45) is 2.57. The van der Waals surface area contributed by atoms with Gasteiger partial charge in [-0.25, -0.2) is 9.78 Å². The Hall–Kier alpha value is -3.67. The first-order chi connectivity index (χ1) is 12.6. The van der Waals surface area contributed by atoms with Crippen LogP contribution < -0.4 is 5.56 Å². The van der Waals surface area contributed by atoms with Crippen LogP contribution in [-0.4, -0.2) is 25.4 Å². The van der Waals surface area contributed by atoms with Gasteiger partial charge in [-0.05, 0) is 17.7 Å². The van der Waals surface area contributed by atoms with Crippen LogP contribution in [0.3, 0.4) is 0 Å². The number of fused-ring (bicyclic) bond motifs is 5. The number of carboxylic acid groups (broad SMARTS) is 1. The second-order valence-corrected chi connectivity index (χ2v) is 6.31. The Morgan fingerprint density at radius 1 is 1.12 bits per heavy atom. The zero-order valence-corrected chi connectivity index (χ0v) is 13.6. The minimum absolute atomic E-state index is 0.215. The average Bonchev–Trinajstić information content (AvgIpc) is 3.24. The number of hydrogen-bond acceptors (Lipinski definition) is 3. The number of aromatic amines is 1. The van der Waals surface area contributed by atoms with Gasteiger partial charge in [-0.2, -0.15) is 0 Å². The van der Waals surface area contributed by atoms with Crippen LogP contribution >= 0.6 is 0 Å². The number of carbonyl (C=O) groups is 1. The Kier molecular flexibility index (Phi) is 2.91. The SMILES string of the molecule is O=C(O)c1ccc(-c2cn3c4c([nH]c(=O)c3n2)-c2ccccc2C4)cc1. The van der Waals surface area contributed by atoms with E-state index >= 15 is 0 Å². The van der Waals surface area contributed by atoms with Gasteiger partial charge in [0.05, 0.1) is 22.6 Å². The predicted octanol–water partition coefficient (Wildman–Crippen LogP) is 2.96. The molecule has 6 nitrogen and oxygen atoms in total. The van der Waals surface area contributed by atoms with Crippen molar-refractivity contribution < 1.29 is 9.90 Å². The van der Waals surface area contributed by atoms with Gasteiger partial charge in [0.1, 0.15) is 0 Å². The van der Waals surface area contributed by atoms with Crippen molar-refractivity contribution in [3.05, 3.63) is 81.9 Å². The lowest BCUT2D eigenvalue weighted by atomic mass is 10.1. The topological polar surface area (TPSA) is 87.5 Å². The predicted molar refractivity (Wildman–Crippen MR) is 96.5 cm³/mol. The van der Waals surface area contributed by atoms with E-state index in [1.165, 1.54) is 17.7 Å². The van der Waals surface area contributed by atoms with E-state index in [1.54, 1.807) is 12.1 Å². The molecule has 1 aliphatic carbocycles. The number of benzene rings is 2. The molecule has 2 N–H and O–H groups in total. The van der Waals surface area contributed by atoms with Crippen molar-refractivity contribution in [2.75, 3.05) is 0 Å². The number of imidazole rings is 1. The van der Waals surface area contributed by atoms with E-state index in [4.69, 9.17) is 5.11 Å². The van der Waals surface area contributed by atoms with Gasteiger partial charge in [0.25, 0.3) is 5.56 Å². The van der Waals surface area contributed by atoms with Gasteiger partial charge >= 0.3 is 5.97 Å². The Morgan fingerprint density at radius 2 is 1.88 bits per heavy atom. The Balaban J connectivity index is 1.69. The number of aromatic carboxylic acids is 1. The van der Waals surface area contributed by atoms with Crippen LogP contribution in [0.15, 0.2) is 59.5 Å². The number of rotatable bonds is 2. The lowest BCUT2D eigenvalue weighted by Gasteiger charge is -2.03. The molecule has 0 saturated heterocycles. The van der Waals surface area contributed by atoms with E-state index in [1.807, 2.05) is 28.8 Å². The largest absolute Gasteiger partial charge is 0.478 e. The van der Waals surface area contributed by atoms with Gasteiger partial charge in [-0.15, -0.1) is 0 Å². The molecule has 2 heterocycles. The van der Waals surface area contributed by atoms with Crippen LogP contribution in [0.1, 0.15) is 21.6 Å². The smallest absolute Gasteiger partial charge is 0.335 e. The van der Waals surface area contributed by atoms with Crippen LogP contribution in [0.25, 0.3) is 28.2 Å². The summed E-state index contributed by atoms with van der Waals surface area (Å²) in [5, 5.41) is 9.02. The third kappa shape index (κ3) is 2.02. The average molecular weight is 343 g/mol. The fourth-order valence-electron chi connectivity index (χ4n) is 3.53. The van der Waals surface area contributed by atoms with Crippen molar-refractivity contribution in [2.24, 2.45) is 0 Å². The molecule has 0 spiro atoms. The van der Waals surface area contributed by atoms with Gasteiger partial charge < -0.3 is 10.1 Å². The molecule has 4 aromatic rings. The maximum Gasteiger partial charge on any atom is 0.335 e. The monoisotopic (exact) mass is 343 g/mol. The first kappa shape index (κ1) is 14.7. The highest BCUT2D eigenvalue weighted by atomic mass is 16.4. The van der Waals surface area contributed by atoms with Gasteiger partial charge in [0.15, 0.2) is 0 Å². The fraction of sp³-hybridized carbons (Fsp3) is 0.0500. The van der Waals surface area contributed by atoms with Gasteiger partial charge in [0, 0.05) is 23.7 Å². The van der Waals surface area contributed by atoms with Gasteiger partial charge in [0.2, 0.25) is 5.65 Å². The van der Waals surface area contributed by atoms with Crippen LogP contribution in [0, 0.1) is 0 Å². The van der Waals surface area contributed by atoms with Crippen molar-refractivity contribution in [3.63, 3.8) is 0 Å². The lowest BCUT2D eigenvalue weighted by Crippen LogP contribution is -2.13. The van der Waals surface area contributed by atoms with Crippen molar-refractivity contribution in [3.8, 4) is 22.5 Å². The molecule has 126 valence electrons. The third-order valence-corrected chi connectivity index (χ3v) is 4.80. The van der Waals surface area contributed by atoms with Crippen LogP contribution in [0.4, 0.5) is 0 Å². The molecule has 0 atom stereocenters. The first-order valence-corrected chi connectivity index (χ1v) is 8.18. The van der Waals surface area contributed by atoms with Crippen molar-refractivity contribution in [2.45, 2.75) is 6.42 Å². The zero-order chi connectivity index (χ0) is 17.8. The highest BCUT2D eigenvalue weighted by Crippen LogP contribution is 2.34. The van der Waals surface area contributed by atoms with Crippen molar-refractivity contribution in [1.29, 1.82) is 0 Å². The minimum Gasteiger partial charge on any atom is -0.478 e. The summed E-state index contributed by atoms with van der Waals surface area (Å²) in [5.41, 5.74) is 5.77. The Bertz CT molecular complexity index is 1250. The number of H-pyrrole nitrogens is 1. The molecule has 0 unspecified atom stereocenters. The number of nitrogens with zero attached hydrogens (tertiary/aromatic N) is 2. The molecule has 0 aliphatic heterocycles. The molecule has 1 aliphatic rings. The number of hydrogen-bond donors (Lipinski definition) is 2. The first-order valence-electron chi connectivity index (χ1n) is 8.18. The van der Waals surface area contributed by atoms with Crippen LogP contribution in [-0.2, 0) is 6.42 Å². The molecule has 0 fully saturated rings. The Labute approximate surface area is 147 Å². The normalized spacial score (nSPS) is 12.2. The molecule has 0 amide bonds. The summed E-state index contributed by atoms with van der Waals surface area (Å²) in [7, 11) is 0. The van der Waals surface area contributed by atoms with E-state index in [2.05, 4.69) is 16.0 Å². The van der Waals surface area contributed by atoms with Crippen LogP contribution in [0.5, 0.6) is 0 Å². The maximum atomic E-state index is 12.5. The van der Waals surface area contributed by atoms with Gasteiger partial charge in [-0.1, -0.05) is 36.4 Å². The molecular formula is C20H13N3O3. The molecule has 26 heavy (non-hydrogen) atoms. The lowest BCUT2D eigenvalue weighted by molar-refractivity contribution is 0.0697. The minimum atomic E-state index is -0.974. The highest BCUT2D eigenvalue weighted by molar-refractivity contribution is 5.88. The number of aromatic nitrogens is 3. The van der Waals surface area contributed by atoms with E-state index in [0.717, 1.165) is 28.9 Å². The number of carboxylic acids is 1. The summed E-state index contributed by atoms with van der Waals surface area (Å²) in [6.45, 7) is 0. The van der Waals surface area contributed by atoms with E-state index in [-0.39, 0.29) is 11.1 Å². The fourth-order valence-corrected chi connectivity index (χ4v) is 3.53. The van der Waals surface area contributed by atoms with E-state index < -0.39 is 5.97 Å². The van der Waals surface area contributed by atoms with Crippen molar-refractivity contribution in [1.82, 2.24) is 14.4 Å². The molecule has 5 rings (SSSR count). The standard InChI is InChI=1S/C20H13N3O3/c24-19-18-21-15(11-5-7-12(8-6-11)20(25)26)10-23(18)16-9-13-3-1-2-4-14(13)17(16)22-19/h1-8,10H,9H2,(H,22,24)(H,25,26). The molecule has 2 aromatic carbocycles. The molecule has 0 bridgehead atoms. The summed E-state index contributed by atoms with van der Waals surface area (Å²) in [5.74, 6) is -0.974. The summed E-state index contributed by atoms with van der Waals surface area (Å²) < 4.78 is 1.84. The number of nitrogens with one attached hydrogen (secondary N) is 1. The summed E-state index contributed by atoms with van der Waals surface area (Å²) in [6, 6.07) is 14.5. The maximum absolute atomic E-state index is 12.5. The summed E-state index contributed by atoms with van der Waals surface area (Å²) >= 11 is 0. The molecule has 0 saturated carbocycles. The molecular weight excluding hydrogens is 330 g/mol. The zero-order valence-electron chi connectivity index (χ0n) is 13.6. The molecule has 6 heteroatoms. The third-order valence-electron chi connectivity index (χ3n) is 4.80. The van der Waals surface area contributed by atoms with Crippen LogP contribution in [0.2, 0.25) is 0 Å².